The van der Waals surface area contributed by atoms with Gasteiger partial charge in [-0.2, -0.15) is 0 Å². The first-order chi connectivity index (χ1) is 9.37. The number of carbonyl (C=O) groups is 1. The van der Waals surface area contributed by atoms with E-state index >= 15 is 0 Å². The Morgan fingerprint density at radius 1 is 1.30 bits per heavy atom. The predicted octanol–water partition coefficient (Wildman–Crippen LogP) is 3.61. The number of aromatic nitrogens is 1. The van der Waals surface area contributed by atoms with E-state index in [0.29, 0.717) is 16.3 Å². The normalized spacial score (nSPS) is 11.4. The van der Waals surface area contributed by atoms with E-state index in [-0.39, 0.29) is 6.61 Å². The SMILES string of the molecule is CC(C)(C)OC(=O)COc1ccc(Cl)c2cccnc12. The minimum atomic E-state index is -0.527. The van der Waals surface area contributed by atoms with Gasteiger partial charge in [0.2, 0.25) is 0 Å². The third kappa shape index (κ3) is 3.61. The molecule has 0 aliphatic carbocycles. The molecule has 1 aromatic heterocycles. The van der Waals surface area contributed by atoms with Crippen molar-refractivity contribution in [3.63, 3.8) is 0 Å². The fraction of sp³-hybridized carbons (Fsp3) is 0.333. The fourth-order valence-corrected chi connectivity index (χ4v) is 1.95. The average Bonchev–Trinajstić information content (AvgIpc) is 2.36. The van der Waals surface area contributed by atoms with Crippen molar-refractivity contribution in [3.8, 4) is 5.75 Å². The van der Waals surface area contributed by atoms with E-state index in [1.54, 1.807) is 24.4 Å². The molecular weight excluding hydrogens is 278 g/mol. The van der Waals surface area contributed by atoms with Crippen molar-refractivity contribution < 1.29 is 14.3 Å². The molecule has 0 aliphatic rings. The van der Waals surface area contributed by atoms with Crippen molar-refractivity contribution in [2.75, 3.05) is 6.61 Å². The number of carbonyl (C=O) groups excluding carboxylic acids is 1. The van der Waals surface area contributed by atoms with E-state index in [1.807, 2.05) is 26.8 Å². The highest BCUT2D eigenvalue weighted by Crippen LogP contribution is 2.29. The number of ether oxygens (including phenoxy) is 2. The van der Waals surface area contributed by atoms with Crippen molar-refractivity contribution in [1.29, 1.82) is 0 Å². The molecule has 0 aliphatic heterocycles. The summed E-state index contributed by atoms with van der Waals surface area (Å²) in [5, 5.41) is 1.38. The molecule has 2 rings (SSSR count). The third-order valence-corrected chi connectivity index (χ3v) is 2.77. The molecule has 1 heterocycles. The molecule has 4 nitrogen and oxygen atoms in total. The summed E-state index contributed by atoms with van der Waals surface area (Å²) in [6.45, 7) is 5.27. The summed E-state index contributed by atoms with van der Waals surface area (Å²) in [7, 11) is 0. The number of hydrogen-bond donors (Lipinski definition) is 0. The van der Waals surface area contributed by atoms with Crippen LogP contribution in [0, 0.1) is 0 Å². The average molecular weight is 294 g/mol. The van der Waals surface area contributed by atoms with Crippen LogP contribution in [0.5, 0.6) is 5.75 Å². The first kappa shape index (κ1) is 14.6. The largest absolute Gasteiger partial charge is 0.480 e. The van der Waals surface area contributed by atoms with Crippen LogP contribution in [-0.4, -0.2) is 23.2 Å². The zero-order chi connectivity index (χ0) is 14.8. The highest BCUT2D eigenvalue weighted by atomic mass is 35.5. The summed E-state index contributed by atoms with van der Waals surface area (Å²) in [5.74, 6) is 0.0902. The Hall–Kier alpha value is -1.81. The van der Waals surface area contributed by atoms with Gasteiger partial charge < -0.3 is 9.47 Å². The van der Waals surface area contributed by atoms with Crippen LogP contribution in [0.25, 0.3) is 10.9 Å². The molecule has 0 amide bonds. The lowest BCUT2D eigenvalue weighted by Crippen LogP contribution is -2.27. The topological polar surface area (TPSA) is 48.4 Å². The first-order valence-electron chi connectivity index (χ1n) is 6.25. The number of rotatable bonds is 3. The molecule has 1 aromatic carbocycles. The zero-order valence-corrected chi connectivity index (χ0v) is 12.4. The van der Waals surface area contributed by atoms with Gasteiger partial charge in [-0.25, -0.2) is 4.79 Å². The molecule has 0 saturated heterocycles. The van der Waals surface area contributed by atoms with Crippen LogP contribution in [0.1, 0.15) is 20.8 Å². The van der Waals surface area contributed by atoms with Gasteiger partial charge in [0.05, 0.1) is 5.02 Å². The highest BCUT2D eigenvalue weighted by molar-refractivity contribution is 6.35. The molecule has 0 saturated carbocycles. The Kier molecular flexibility index (Phi) is 4.14. The van der Waals surface area contributed by atoms with Crippen LogP contribution >= 0.6 is 11.6 Å². The Bertz CT molecular complexity index is 635. The summed E-state index contributed by atoms with van der Waals surface area (Å²) < 4.78 is 10.7. The standard InChI is InChI=1S/C15H16ClNO3/c1-15(2,3)20-13(18)9-19-12-7-6-11(16)10-5-4-8-17-14(10)12/h4-8H,9H2,1-3H3. The molecule has 2 aromatic rings. The van der Waals surface area contributed by atoms with Crippen molar-refractivity contribution >= 4 is 28.5 Å². The minimum Gasteiger partial charge on any atom is -0.480 e. The number of esters is 1. The van der Waals surface area contributed by atoms with E-state index < -0.39 is 11.6 Å². The molecule has 106 valence electrons. The Morgan fingerprint density at radius 2 is 2.05 bits per heavy atom. The molecule has 0 fully saturated rings. The van der Waals surface area contributed by atoms with E-state index in [1.165, 1.54) is 0 Å². The van der Waals surface area contributed by atoms with E-state index in [4.69, 9.17) is 21.1 Å². The number of hydrogen-bond acceptors (Lipinski definition) is 4. The Morgan fingerprint density at radius 3 is 2.75 bits per heavy atom. The van der Waals surface area contributed by atoms with Crippen LogP contribution in [-0.2, 0) is 9.53 Å². The van der Waals surface area contributed by atoms with Gasteiger partial charge in [-0.1, -0.05) is 11.6 Å². The molecule has 0 unspecified atom stereocenters. The summed E-state index contributed by atoms with van der Waals surface area (Å²) >= 11 is 6.09. The van der Waals surface area contributed by atoms with Crippen molar-refractivity contribution in [1.82, 2.24) is 4.98 Å². The van der Waals surface area contributed by atoms with Gasteiger partial charge in [-0.3, -0.25) is 4.98 Å². The van der Waals surface area contributed by atoms with Crippen molar-refractivity contribution in [2.24, 2.45) is 0 Å². The Balaban J connectivity index is 2.15. The maximum Gasteiger partial charge on any atom is 0.344 e. The van der Waals surface area contributed by atoms with Gasteiger partial charge >= 0.3 is 5.97 Å². The summed E-state index contributed by atoms with van der Waals surface area (Å²) in [5.41, 5.74) is 0.101. The van der Waals surface area contributed by atoms with Gasteiger partial charge in [-0.15, -0.1) is 0 Å². The number of benzene rings is 1. The lowest BCUT2D eigenvalue weighted by Gasteiger charge is -2.19. The quantitative estimate of drug-likeness (QED) is 0.811. The number of nitrogens with zero attached hydrogens (tertiary/aromatic N) is 1. The number of halogens is 1. The smallest absolute Gasteiger partial charge is 0.344 e. The van der Waals surface area contributed by atoms with Crippen LogP contribution in [0.3, 0.4) is 0 Å². The second-order valence-electron chi connectivity index (χ2n) is 5.32. The lowest BCUT2D eigenvalue weighted by molar-refractivity contribution is -0.157. The first-order valence-corrected chi connectivity index (χ1v) is 6.62. The van der Waals surface area contributed by atoms with Crippen molar-refractivity contribution in [3.05, 3.63) is 35.5 Å². The van der Waals surface area contributed by atoms with Gasteiger partial charge in [0.15, 0.2) is 6.61 Å². The Labute approximate surface area is 122 Å². The van der Waals surface area contributed by atoms with Crippen molar-refractivity contribution in [2.45, 2.75) is 26.4 Å². The summed E-state index contributed by atoms with van der Waals surface area (Å²) in [6.07, 6.45) is 1.65. The van der Waals surface area contributed by atoms with Crippen LogP contribution in [0.2, 0.25) is 5.02 Å². The number of pyridine rings is 1. The maximum atomic E-state index is 11.6. The van der Waals surface area contributed by atoms with Crippen LogP contribution in [0.15, 0.2) is 30.5 Å². The molecule has 20 heavy (non-hydrogen) atoms. The molecule has 0 bridgehead atoms. The predicted molar refractivity (Wildman–Crippen MR) is 78.1 cm³/mol. The molecule has 0 atom stereocenters. The summed E-state index contributed by atoms with van der Waals surface area (Å²) in [4.78, 5) is 15.9. The molecule has 5 heteroatoms. The highest BCUT2D eigenvalue weighted by Gasteiger charge is 2.17. The van der Waals surface area contributed by atoms with Crippen LogP contribution < -0.4 is 4.74 Å². The third-order valence-electron chi connectivity index (χ3n) is 2.44. The second kappa shape index (κ2) is 5.67. The maximum absolute atomic E-state index is 11.6. The fourth-order valence-electron chi connectivity index (χ4n) is 1.74. The summed E-state index contributed by atoms with van der Waals surface area (Å²) in [6, 6.07) is 7.06. The minimum absolute atomic E-state index is 0.162. The lowest BCUT2D eigenvalue weighted by atomic mass is 10.2. The van der Waals surface area contributed by atoms with Gasteiger partial charge in [0.1, 0.15) is 16.9 Å². The van der Waals surface area contributed by atoms with Crippen LogP contribution in [0.4, 0.5) is 0 Å². The molecular formula is C15H16ClNO3. The van der Waals surface area contributed by atoms with E-state index in [9.17, 15) is 4.79 Å². The van der Waals surface area contributed by atoms with E-state index in [0.717, 1.165) is 5.39 Å². The van der Waals surface area contributed by atoms with E-state index in [2.05, 4.69) is 4.98 Å². The van der Waals surface area contributed by atoms with Gasteiger partial charge in [0.25, 0.3) is 0 Å². The molecule has 0 radical (unpaired) electrons. The monoisotopic (exact) mass is 293 g/mol. The molecule has 0 spiro atoms. The molecule has 0 N–H and O–H groups in total. The van der Waals surface area contributed by atoms with Gasteiger partial charge in [-0.05, 0) is 45.0 Å². The zero-order valence-electron chi connectivity index (χ0n) is 11.6. The number of fused-ring (bicyclic) bond motifs is 1. The van der Waals surface area contributed by atoms with Gasteiger partial charge in [0, 0.05) is 11.6 Å². The second-order valence-corrected chi connectivity index (χ2v) is 5.73.